The van der Waals surface area contributed by atoms with Gasteiger partial charge in [-0.1, -0.05) is 11.2 Å². The topological polar surface area (TPSA) is 98.2 Å². The number of nitrogen functional groups attached to an aromatic ring is 1. The van der Waals surface area contributed by atoms with E-state index < -0.39 is 10.0 Å². The van der Waals surface area contributed by atoms with E-state index >= 15 is 0 Å². The molecule has 108 valence electrons. The van der Waals surface area contributed by atoms with Crippen LogP contribution in [0.3, 0.4) is 0 Å². The molecule has 0 saturated carbocycles. The summed E-state index contributed by atoms with van der Waals surface area (Å²) in [6, 6.07) is 5.06. The zero-order valence-electron chi connectivity index (χ0n) is 11.6. The number of hydrogen-bond donors (Lipinski definition) is 2. The molecule has 0 spiro atoms. The first-order valence-corrected chi connectivity index (χ1v) is 7.57. The molecule has 0 atom stereocenters. The lowest BCUT2D eigenvalue weighted by Gasteiger charge is -2.12. The van der Waals surface area contributed by atoms with Crippen LogP contribution in [-0.4, -0.2) is 13.6 Å². The molecule has 0 fully saturated rings. The summed E-state index contributed by atoms with van der Waals surface area (Å²) in [6.45, 7) is 5.38. The monoisotopic (exact) mass is 295 g/mol. The van der Waals surface area contributed by atoms with E-state index in [1.54, 1.807) is 32.0 Å². The van der Waals surface area contributed by atoms with E-state index in [9.17, 15) is 8.42 Å². The summed E-state index contributed by atoms with van der Waals surface area (Å²) >= 11 is 0. The zero-order chi connectivity index (χ0) is 14.9. The van der Waals surface area contributed by atoms with Crippen LogP contribution < -0.4 is 10.5 Å². The quantitative estimate of drug-likeness (QED) is 0.836. The maximum Gasteiger partial charge on any atom is 0.243 e. The molecule has 0 radical (unpaired) electrons. The van der Waals surface area contributed by atoms with Gasteiger partial charge in [-0.15, -0.1) is 0 Å². The van der Waals surface area contributed by atoms with Gasteiger partial charge in [-0.3, -0.25) is 0 Å². The Morgan fingerprint density at radius 1 is 1.30 bits per heavy atom. The molecule has 1 aromatic heterocycles. The number of nitrogens with zero attached hydrogens (tertiary/aromatic N) is 1. The van der Waals surface area contributed by atoms with E-state index in [-0.39, 0.29) is 17.1 Å². The molecule has 1 aromatic carbocycles. The van der Waals surface area contributed by atoms with E-state index in [4.69, 9.17) is 10.3 Å². The third-order valence-corrected chi connectivity index (χ3v) is 4.69. The largest absolute Gasteiger partial charge is 0.398 e. The second-order valence-electron chi connectivity index (χ2n) is 4.68. The van der Waals surface area contributed by atoms with E-state index in [2.05, 4.69) is 9.88 Å². The van der Waals surface area contributed by atoms with Gasteiger partial charge in [0.15, 0.2) is 5.76 Å². The Morgan fingerprint density at radius 2 is 2.00 bits per heavy atom. The van der Waals surface area contributed by atoms with Gasteiger partial charge in [0, 0.05) is 6.07 Å². The summed E-state index contributed by atoms with van der Waals surface area (Å²) < 4.78 is 32.1. The molecule has 0 bridgehead atoms. The van der Waals surface area contributed by atoms with Gasteiger partial charge in [-0.25, -0.2) is 13.1 Å². The van der Waals surface area contributed by atoms with Crippen molar-refractivity contribution in [3.63, 3.8) is 0 Å². The number of nitrogens with two attached hydrogens (primary N) is 1. The smallest absolute Gasteiger partial charge is 0.243 e. The van der Waals surface area contributed by atoms with Crippen molar-refractivity contribution in [1.82, 2.24) is 9.88 Å². The molecule has 0 aliphatic rings. The first kappa shape index (κ1) is 14.5. The Morgan fingerprint density at radius 3 is 2.60 bits per heavy atom. The highest BCUT2D eigenvalue weighted by Gasteiger charge is 2.21. The number of rotatable bonds is 4. The Balaban J connectivity index is 2.29. The van der Waals surface area contributed by atoms with Crippen LogP contribution in [0.4, 0.5) is 5.69 Å². The van der Waals surface area contributed by atoms with Crippen molar-refractivity contribution in [3.8, 4) is 0 Å². The lowest BCUT2D eigenvalue weighted by molar-refractivity contribution is 0.377. The lowest BCUT2D eigenvalue weighted by atomic mass is 10.1. The van der Waals surface area contributed by atoms with Crippen LogP contribution in [-0.2, 0) is 16.6 Å². The minimum atomic E-state index is -3.70. The van der Waals surface area contributed by atoms with Gasteiger partial charge in [-0.2, -0.15) is 0 Å². The Labute approximate surface area is 118 Å². The molecule has 20 heavy (non-hydrogen) atoms. The maximum atomic E-state index is 12.4. The molecular formula is C13H17N3O3S. The number of aryl methyl sites for hydroxylation is 2. The van der Waals surface area contributed by atoms with Crippen molar-refractivity contribution in [1.29, 1.82) is 0 Å². The van der Waals surface area contributed by atoms with Gasteiger partial charge >= 0.3 is 0 Å². The summed E-state index contributed by atoms with van der Waals surface area (Å²) in [7, 11) is -3.70. The first-order valence-electron chi connectivity index (χ1n) is 6.09. The van der Waals surface area contributed by atoms with Crippen molar-refractivity contribution < 1.29 is 12.9 Å². The molecule has 0 saturated heterocycles. The van der Waals surface area contributed by atoms with Crippen LogP contribution in [0.2, 0.25) is 0 Å². The van der Waals surface area contributed by atoms with Crippen LogP contribution in [0.25, 0.3) is 0 Å². The minimum absolute atomic E-state index is 0.0377. The molecule has 7 heteroatoms. The number of anilines is 1. The van der Waals surface area contributed by atoms with Crippen LogP contribution in [0.5, 0.6) is 0 Å². The lowest BCUT2D eigenvalue weighted by Crippen LogP contribution is -2.25. The fourth-order valence-electron chi connectivity index (χ4n) is 1.91. The Kier molecular flexibility index (Phi) is 3.82. The minimum Gasteiger partial charge on any atom is -0.398 e. The Hall–Kier alpha value is -1.86. The van der Waals surface area contributed by atoms with E-state index in [0.29, 0.717) is 17.0 Å². The molecule has 3 N–H and O–H groups in total. The third-order valence-electron chi connectivity index (χ3n) is 3.09. The van der Waals surface area contributed by atoms with Gasteiger partial charge in [-0.05, 0) is 38.0 Å². The summed E-state index contributed by atoms with van der Waals surface area (Å²) in [5.74, 6) is 0.454. The maximum absolute atomic E-state index is 12.4. The highest BCUT2D eigenvalue weighted by Crippen LogP contribution is 2.25. The second kappa shape index (κ2) is 5.26. The number of sulfonamides is 1. The van der Waals surface area contributed by atoms with Crippen LogP contribution in [0.15, 0.2) is 27.6 Å². The van der Waals surface area contributed by atoms with Crippen molar-refractivity contribution in [3.05, 3.63) is 40.8 Å². The van der Waals surface area contributed by atoms with Gasteiger partial charge in [0.2, 0.25) is 10.0 Å². The molecule has 0 aliphatic heterocycles. The van der Waals surface area contributed by atoms with E-state index in [1.165, 1.54) is 0 Å². The molecule has 0 amide bonds. The van der Waals surface area contributed by atoms with Crippen molar-refractivity contribution in [2.75, 3.05) is 5.73 Å². The SMILES string of the molecule is Cc1cc(CNS(=O)(=O)c2c(N)ccc(C)c2C)on1. The number of aromatic nitrogens is 1. The zero-order valence-corrected chi connectivity index (χ0v) is 12.4. The highest BCUT2D eigenvalue weighted by atomic mass is 32.2. The number of nitrogens with one attached hydrogen (secondary N) is 1. The molecule has 0 unspecified atom stereocenters. The van der Waals surface area contributed by atoms with Crippen LogP contribution in [0, 0.1) is 20.8 Å². The second-order valence-corrected chi connectivity index (χ2v) is 6.39. The van der Waals surface area contributed by atoms with Gasteiger partial charge in [0.05, 0.1) is 17.9 Å². The molecule has 2 aromatic rings. The van der Waals surface area contributed by atoms with Gasteiger partial charge < -0.3 is 10.3 Å². The van der Waals surface area contributed by atoms with Crippen LogP contribution in [0.1, 0.15) is 22.6 Å². The average Bonchev–Trinajstić information content (AvgIpc) is 2.78. The normalized spacial score (nSPS) is 11.8. The molecule has 1 heterocycles. The first-order chi connectivity index (χ1) is 9.31. The third kappa shape index (κ3) is 2.83. The predicted molar refractivity (Wildman–Crippen MR) is 75.6 cm³/mol. The summed E-state index contributed by atoms with van der Waals surface area (Å²) in [4.78, 5) is 0.119. The van der Waals surface area contributed by atoms with Gasteiger partial charge in [0.1, 0.15) is 4.90 Å². The predicted octanol–water partition coefficient (Wildman–Crippen LogP) is 1.66. The van der Waals surface area contributed by atoms with Gasteiger partial charge in [0.25, 0.3) is 0 Å². The van der Waals surface area contributed by atoms with Crippen molar-refractivity contribution in [2.24, 2.45) is 0 Å². The van der Waals surface area contributed by atoms with E-state index in [1.807, 2.05) is 6.92 Å². The molecule has 6 nitrogen and oxygen atoms in total. The number of benzene rings is 1. The van der Waals surface area contributed by atoms with Crippen molar-refractivity contribution >= 4 is 15.7 Å². The fraction of sp³-hybridized carbons (Fsp3) is 0.308. The Bertz CT molecular complexity index is 735. The molecular weight excluding hydrogens is 278 g/mol. The molecule has 2 rings (SSSR count). The highest BCUT2D eigenvalue weighted by molar-refractivity contribution is 7.89. The average molecular weight is 295 g/mol. The summed E-state index contributed by atoms with van der Waals surface area (Å²) in [6.07, 6.45) is 0. The summed E-state index contributed by atoms with van der Waals surface area (Å²) in [5.41, 5.74) is 8.24. The van der Waals surface area contributed by atoms with Crippen LogP contribution >= 0.6 is 0 Å². The fourth-order valence-corrected chi connectivity index (χ4v) is 3.32. The molecule has 0 aliphatic carbocycles. The van der Waals surface area contributed by atoms with Crippen molar-refractivity contribution in [2.45, 2.75) is 32.2 Å². The standard InChI is InChI=1S/C13H17N3O3S/c1-8-4-5-12(14)13(10(8)3)20(17,18)15-7-11-6-9(2)16-19-11/h4-6,15H,7,14H2,1-3H3. The summed E-state index contributed by atoms with van der Waals surface area (Å²) in [5, 5.41) is 3.70. The number of hydrogen-bond acceptors (Lipinski definition) is 5. The van der Waals surface area contributed by atoms with E-state index in [0.717, 1.165) is 5.56 Å².